The predicted octanol–water partition coefficient (Wildman–Crippen LogP) is 6.44. The van der Waals surface area contributed by atoms with Crippen LogP contribution in [0.15, 0.2) is 91.3 Å². The second-order valence-electron chi connectivity index (χ2n) is 14.5. The second-order valence-corrected chi connectivity index (χ2v) is 14.9. The minimum Gasteiger partial charge on any atom is -0.492 e. The van der Waals surface area contributed by atoms with Crippen LogP contribution in [-0.2, 0) is 29.3 Å². The number of nitrogens with zero attached hydrogens (tertiary/aromatic N) is 2. The van der Waals surface area contributed by atoms with E-state index in [1.165, 1.54) is 20.0 Å². The molecule has 4 aromatic carbocycles. The molecule has 1 heterocycles. The van der Waals surface area contributed by atoms with Gasteiger partial charge in [-0.25, -0.2) is 0 Å². The second kappa shape index (κ2) is 19.6. The lowest BCUT2D eigenvalue weighted by Gasteiger charge is -2.25. The maximum Gasteiger partial charge on any atom is 0.326 e. The predicted molar refractivity (Wildman–Crippen MR) is 222 cm³/mol. The summed E-state index contributed by atoms with van der Waals surface area (Å²) in [6.07, 6.45) is 3.03. The van der Waals surface area contributed by atoms with Gasteiger partial charge in [0.2, 0.25) is 0 Å². The number of ether oxygens (including phenoxy) is 3. The van der Waals surface area contributed by atoms with E-state index in [2.05, 4.69) is 46.8 Å². The Labute approximate surface area is 347 Å². The number of aliphatic carboxylic acids is 2. The third kappa shape index (κ3) is 10.7. The Hall–Kier alpha value is -6.01. The summed E-state index contributed by atoms with van der Waals surface area (Å²) in [5, 5.41) is 53.5. The van der Waals surface area contributed by atoms with Crippen LogP contribution >= 0.6 is 11.6 Å². The Bertz CT molecular complexity index is 2330. The van der Waals surface area contributed by atoms with Crippen LogP contribution in [0, 0.1) is 25.2 Å². The van der Waals surface area contributed by atoms with Gasteiger partial charge in [-0.15, -0.1) is 0 Å². The van der Waals surface area contributed by atoms with Crippen LogP contribution in [0.25, 0.3) is 22.3 Å². The van der Waals surface area contributed by atoms with Gasteiger partial charge < -0.3 is 34.6 Å². The zero-order valence-electron chi connectivity index (χ0n) is 33.2. The third-order valence-electron chi connectivity index (χ3n) is 10.2. The zero-order chi connectivity index (χ0) is 42.7. The maximum atomic E-state index is 11.8. The minimum absolute atomic E-state index is 0.00621. The van der Waals surface area contributed by atoms with E-state index in [0.717, 1.165) is 38.9 Å². The van der Waals surface area contributed by atoms with Crippen LogP contribution in [0.4, 0.5) is 0 Å². The van der Waals surface area contributed by atoms with Crippen molar-refractivity contribution in [1.82, 2.24) is 15.6 Å². The van der Waals surface area contributed by atoms with E-state index in [-0.39, 0.29) is 37.9 Å². The van der Waals surface area contributed by atoms with E-state index < -0.39 is 36.2 Å². The normalized spacial score (nSPS) is 13.1. The zero-order valence-corrected chi connectivity index (χ0v) is 34.0. The lowest BCUT2D eigenvalue weighted by Crippen LogP contribution is -2.53. The van der Waals surface area contributed by atoms with Crippen LogP contribution in [0.1, 0.15) is 47.2 Å². The first kappa shape index (κ1) is 44.1. The first-order valence-corrected chi connectivity index (χ1v) is 19.1. The number of aliphatic hydroxyl groups excluding tert-OH is 2. The Morgan fingerprint density at radius 1 is 0.763 bits per heavy atom. The first-order valence-electron chi connectivity index (χ1n) is 18.7. The lowest BCUT2D eigenvalue weighted by atomic mass is 9.89. The molecule has 0 aliphatic rings. The Kier molecular flexibility index (Phi) is 14.7. The van der Waals surface area contributed by atoms with Gasteiger partial charge in [0.25, 0.3) is 0 Å². The van der Waals surface area contributed by atoms with Crippen molar-refractivity contribution in [2.75, 3.05) is 26.4 Å². The molecule has 2 atom stereocenters. The molecule has 13 nitrogen and oxygen atoms in total. The molecule has 0 spiro atoms. The minimum atomic E-state index is -1.61. The van der Waals surface area contributed by atoms with E-state index in [9.17, 15) is 35.3 Å². The summed E-state index contributed by atoms with van der Waals surface area (Å²) in [4.78, 5) is 27.3. The van der Waals surface area contributed by atoms with Crippen LogP contribution in [0.3, 0.4) is 0 Å². The number of hydrogen-bond donors (Lipinski definition) is 6. The van der Waals surface area contributed by atoms with Crippen molar-refractivity contribution in [2.24, 2.45) is 0 Å². The van der Waals surface area contributed by atoms with Gasteiger partial charge in [0.05, 0.1) is 23.8 Å². The summed E-state index contributed by atoms with van der Waals surface area (Å²) in [6, 6.07) is 26.9. The lowest BCUT2D eigenvalue weighted by molar-refractivity contribution is -0.146. The van der Waals surface area contributed by atoms with Crippen LogP contribution in [-0.4, -0.2) is 74.8 Å². The van der Waals surface area contributed by atoms with Gasteiger partial charge in [-0.2, -0.15) is 5.26 Å². The van der Waals surface area contributed by atoms with Crippen molar-refractivity contribution in [1.29, 1.82) is 5.26 Å². The summed E-state index contributed by atoms with van der Waals surface area (Å²) in [6.45, 7) is 6.42. The highest BCUT2D eigenvalue weighted by atomic mass is 35.5. The van der Waals surface area contributed by atoms with E-state index in [0.29, 0.717) is 33.9 Å². The van der Waals surface area contributed by atoms with Crippen molar-refractivity contribution in [3.8, 4) is 45.6 Å². The number of rotatable bonds is 20. The van der Waals surface area contributed by atoms with E-state index in [1.807, 2.05) is 49.4 Å². The Morgan fingerprint density at radius 3 is 2.05 bits per heavy atom. The standard InChI is InChI=1S/C45H47ClN4O9/c1-28-33(25-59-41-19-40(58-24-31-17-30(20-47)21-48-22-31)34(18-39(41)46)23-50-45(4,27-52)43(55)56)7-5-9-37(28)38-10-6-8-36(29(38)2)32-11-13-35(14-12-32)57-16-15-49-44(3,26-51)42(53)54/h5-14,17-19,21-22,49-52H,15-16,23-27H2,1-4H3,(H,53,54)(H,55,56). The van der Waals surface area contributed by atoms with Gasteiger partial charge >= 0.3 is 11.9 Å². The molecule has 14 heteroatoms. The Balaban J connectivity index is 1.33. The molecule has 0 saturated carbocycles. The van der Waals surface area contributed by atoms with E-state index >= 15 is 0 Å². The van der Waals surface area contributed by atoms with Gasteiger partial charge in [-0.3, -0.25) is 25.2 Å². The average Bonchev–Trinajstić information content (AvgIpc) is 3.24. The van der Waals surface area contributed by atoms with Crippen molar-refractivity contribution in [2.45, 2.75) is 58.5 Å². The summed E-state index contributed by atoms with van der Waals surface area (Å²) in [7, 11) is 0. The quantitative estimate of drug-likeness (QED) is 0.0469. The van der Waals surface area contributed by atoms with Crippen molar-refractivity contribution in [3.63, 3.8) is 0 Å². The first-order chi connectivity index (χ1) is 28.2. The average molecular weight is 823 g/mol. The fourth-order valence-electron chi connectivity index (χ4n) is 6.19. The Morgan fingerprint density at radius 2 is 1.39 bits per heavy atom. The summed E-state index contributed by atoms with van der Waals surface area (Å²) < 4.78 is 18.3. The van der Waals surface area contributed by atoms with E-state index in [1.54, 1.807) is 24.4 Å². The maximum absolute atomic E-state index is 11.8. The van der Waals surface area contributed by atoms with Crippen molar-refractivity contribution >= 4 is 23.5 Å². The number of carbonyl (C=O) groups is 2. The molecule has 0 aliphatic heterocycles. The third-order valence-corrected chi connectivity index (χ3v) is 10.5. The van der Waals surface area contributed by atoms with Gasteiger partial charge in [-0.1, -0.05) is 60.1 Å². The van der Waals surface area contributed by atoms with E-state index in [4.69, 9.17) is 25.8 Å². The number of benzene rings is 4. The molecule has 2 unspecified atom stereocenters. The number of hydrogen-bond acceptors (Lipinski definition) is 11. The summed E-state index contributed by atoms with van der Waals surface area (Å²) in [5.41, 5.74) is 5.64. The number of aliphatic hydroxyl groups is 2. The highest BCUT2D eigenvalue weighted by Crippen LogP contribution is 2.37. The largest absolute Gasteiger partial charge is 0.492 e. The molecule has 0 bridgehead atoms. The molecular formula is C45H47ClN4O9. The SMILES string of the molecule is Cc1c(COc2cc(OCc3cncc(C#N)c3)c(CNC(C)(CO)C(=O)O)cc2Cl)cccc1-c1cccc(-c2ccc(OCCNC(C)(CO)C(=O)O)cc2)c1C. The number of carboxylic acid groups (broad SMARTS) is 2. The summed E-state index contributed by atoms with van der Waals surface area (Å²) >= 11 is 6.75. The topological polar surface area (TPSA) is 203 Å². The van der Waals surface area contributed by atoms with Crippen molar-refractivity contribution < 1.29 is 44.2 Å². The number of pyridine rings is 1. The molecular weight excluding hydrogens is 776 g/mol. The number of nitriles is 1. The van der Waals surface area contributed by atoms with Gasteiger partial charge in [-0.05, 0) is 90.9 Å². The number of carboxylic acids is 2. The molecule has 59 heavy (non-hydrogen) atoms. The van der Waals surface area contributed by atoms with Crippen LogP contribution < -0.4 is 24.8 Å². The van der Waals surface area contributed by atoms with Crippen LogP contribution in [0.5, 0.6) is 17.2 Å². The van der Waals surface area contributed by atoms with Gasteiger partial charge in [0.1, 0.15) is 54.2 Å². The highest BCUT2D eigenvalue weighted by molar-refractivity contribution is 6.32. The number of nitrogens with one attached hydrogen (secondary N) is 2. The molecule has 6 N–H and O–H groups in total. The van der Waals surface area contributed by atoms with Gasteiger partial charge in [0, 0.05) is 42.7 Å². The fraction of sp³-hybridized carbons (Fsp3) is 0.289. The molecule has 308 valence electrons. The van der Waals surface area contributed by atoms with Crippen LogP contribution in [0.2, 0.25) is 5.02 Å². The molecule has 5 rings (SSSR count). The monoisotopic (exact) mass is 822 g/mol. The summed E-state index contributed by atoms with van der Waals surface area (Å²) in [5.74, 6) is -1.03. The molecule has 1 aromatic heterocycles. The van der Waals surface area contributed by atoms with Gasteiger partial charge in [0.15, 0.2) is 0 Å². The highest BCUT2D eigenvalue weighted by Gasteiger charge is 2.33. The smallest absolute Gasteiger partial charge is 0.326 e. The van der Waals surface area contributed by atoms with Crippen molar-refractivity contribution in [3.05, 3.63) is 130 Å². The molecule has 0 radical (unpaired) electrons. The fourth-order valence-corrected chi connectivity index (χ4v) is 6.43. The number of halogens is 1. The molecule has 0 amide bonds. The molecule has 0 saturated heterocycles. The molecule has 0 aliphatic carbocycles. The molecule has 5 aromatic rings. The number of aromatic nitrogens is 1. The molecule has 0 fully saturated rings.